The number of amides is 3. The van der Waals surface area contributed by atoms with Gasteiger partial charge >= 0.3 is 12.0 Å². The zero-order valence-electron chi connectivity index (χ0n) is 14.9. The number of nitrogens with one attached hydrogen (secondary N) is 3. The van der Waals surface area contributed by atoms with Crippen LogP contribution in [0.15, 0.2) is 48.5 Å². The molecule has 2 unspecified atom stereocenters. The van der Waals surface area contributed by atoms with Gasteiger partial charge in [0.1, 0.15) is 0 Å². The van der Waals surface area contributed by atoms with Crippen molar-refractivity contribution in [3.05, 3.63) is 54.1 Å². The van der Waals surface area contributed by atoms with Gasteiger partial charge in [-0.1, -0.05) is 24.3 Å². The maximum Gasteiger partial charge on any atom is 0.323 e. The Morgan fingerprint density at radius 1 is 0.889 bits per heavy atom. The van der Waals surface area contributed by atoms with Crippen molar-refractivity contribution in [1.82, 2.24) is 0 Å². The first-order chi connectivity index (χ1) is 12.9. The summed E-state index contributed by atoms with van der Waals surface area (Å²) in [5, 5.41) is 17.3. The standard InChI is InChI=1S/C20H21N3O4/c1-12-7-8-14(22-20(27)21-13-5-3-2-4-6-13)11-17(12)23-18(24)15-9-10-16(15)19(25)26/h2-8,11,15-16H,9-10H2,1H3,(H,23,24)(H,25,26)(H2,21,22,27). The molecule has 2 aromatic rings. The van der Waals surface area contributed by atoms with Crippen LogP contribution in [0.25, 0.3) is 0 Å². The van der Waals surface area contributed by atoms with Gasteiger partial charge in [-0.05, 0) is 49.6 Å². The summed E-state index contributed by atoms with van der Waals surface area (Å²) in [6.07, 6.45) is 1.09. The minimum Gasteiger partial charge on any atom is -0.481 e. The lowest BCUT2D eigenvalue weighted by Crippen LogP contribution is -2.41. The molecule has 2 aromatic carbocycles. The summed E-state index contributed by atoms with van der Waals surface area (Å²) in [6, 6.07) is 13.8. The lowest BCUT2D eigenvalue weighted by molar-refractivity contribution is -0.151. The number of carboxylic acid groups (broad SMARTS) is 1. The van der Waals surface area contributed by atoms with Crippen molar-refractivity contribution in [3.8, 4) is 0 Å². The summed E-state index contributed by atoms with van der Waals surface area (Å²) >= 11 is 0. The number of para-hydroxylation sites is 1. The van der Waals surface area contributed by atoms with E-state index in [1.165, 1.54) is 0 Å². The van der Waals surface area contributed by atoms with Crippen LogP contribution < -0.4 is 16.0 Å². The van der Waals surface area contributed by atoms with E-state index >= 15 is 0 Å². The van der Waals surface area contributed by atoms with Crippen LogP contribution in [0.2, 0.25) is 0 Å². The quantitative estimate of drug-likeness (QED) is 0.646. The molecule has 7 heteroatoms. The molecule has 0 saturated heterocycles. The summed E-state index contributed by atoms with van der Waals surface area (Å²) < 4.78 is 0. The number of rotatable bonds is 5. The molecule has 1 saturated carbocycles. The van der Waals surface area contributed by atoms with Crippen molar-refractivity contribution in [3.63, 3.8) is 0 Å². The van der Waals surface area contributed by atoms with Gasteiger partial charge in [-0.15, -0.1) is 0 Å². The highest BCUT2D eigenvalue weighted by Crippen LogP contribution is 2.35. The van der Waals surface area contributed by atoms with Crippen molar-refractivity contribution < 1.29 is 19.5 Å². The van der Waals surface area contributed by atoms with Gasteiger partial charge in [-0.2, -0.15) is 0 Å². The second-order valence-electron chi connectivity index (χ2n) is 6.59. The van der Waals surface area contributed by atoms with Gasteiger partial charge in [-0.3, -0.25) is 9.59 Å². The molecule has 27 heavy (non-hydrogen) atoms. The van der Waals surface area contributed by atoms with Crippen molar-refractivity contribution in [1.29, 1.82) is 0 Å². The zero-order valence-corrected chi connectivity index (χ0v) is 14.9. The molecule has 0 heterocycles. The third-order valence-electron chi connectivity index (χ3n) is 4.71. The molecule has 1 aliphatic rings. The fraction of sp³-hybridized carbons (Fsp3) is 0.250. The smallest absolute Gasteiger partial charge is 0.323 e. The van der Waals surface area contributed by atoms with E-state index in [1.807, 2.05) is 25.1 Å². The largest absolute Gasteiger partial charge is 0.481 e. The second kappa shape index (κ2) is 7.90. The van der Waals surface area contributed by atoms with E-state index in [1.54, 1.807) is 30.3 Å². The highest BCUT2D eigenvalue weighted by atomic mass is 16.4. The van der Waals surface area contributed by atoms with Crippen molar-refractivity contribution in [2.45, 2.75) is 19.8 Å². The number of benzene rings is 2. The van der Waals surface area contributed by atoms with Gasteiger partial charge in [-0.25, -0.2) is 4.79 Å². The Hall–Kier alpha value is -3.35. The molecule has 3 amide bonds. The van der Waals surface area contributed by atoms with E-state index in [0.29, 0.717) is 29.9 Å². The first-order valence-corrected chi connectivity index (χ1v) is 8.71. The van der Waals surface area contributed by atoms with Gasteiger partial charge in [0, 0.05) is 17.1 Å². The highest BCUT2D eigenvalue weighted by molar-refractivity contribution is 6.01. The van der Waals surface area contributed by atoms with Crippen LogP contribution in [0.1, 0.15) is 18.4 Å². The van der Waals surface area contributed by atoms with E-state index in [-0.39, 0.29) is 5.91 Å². The predicted molar refractivity (Wildman–Crippen MR) is 103 cm³/mol. The summed E-state index contributed by atoms with van der Waals surface area (Å²) in [6.45, 7) is 1.83. The molecule has 0 aliphatic heterocycles. The van der Waals surface area contributed by atoms with Gasteiger partial charge < -0.3 is 21.1 Å². The molecular weight excluding hydrogens is 346 g/mol. The van der Waals surface area contributed by atoms with E-state index in [9.17, 15) is 14.4 Å². The third-order valence-corrected chi connectivity index (χ3v) is 4.71. The minimum atomic E-state index is -0.939. The first-order valence-electron chi connectivity index (χ1n) is 8.71. The molecule has 0 radical (unpaired) electrons. The summed E-state index contributed by atoms with van der Waals surface area (Å²) in [5.74, 6) is -2.38. The highest BCUT2D eigenvalue weighted by Gasteiger charge is 2.41. The summed E-state index contributed by atoms with van der Waals surface area (Å²) in [7, 11) is 0. The molecule has 3 rings (SSSR count). The SMILES string of the molecule is Cc1ccc(NC(=O)Nc2ccccc2)cc1NC(=O)C1CCC1C(=O)O. The Kier molecular flexibility index (Phi) is 5.40. The lowest BCUT2D eigenvalue weighted by Gasteiger charge is -2.32. The molecule has 0 bridgehead atoms. The maximum absolute atomic E-state index is 12.4. The normalized spacial score (nSPS) is 18.1. The Balaban J connectivity index is 1.64. The number of carboxylic acids is 1. The van der Waals surface area contributed by atoms with Crippen molar-refractivity contribution in [2.24, 2.45) is 11.8 Å². The molecule has 140 valence electrons. The van der Waals surface area contributed by atoms with E-state index in [4.69, 9.17) is 5.11 Å². The molecule has 4 N–H and O–H groups in total. The van der Waals surface area contributed by atoms with E-state index in [2.05, 4.69) is 16.0 Å². The van der Waals surface area contributed by atoms with Gasteiger partial charge in [0.05, 0.1) is 11.8 Å². The van der Waals surface area contributed by atoms with Gasteiger partial charge in [0.15, 0.2) is 0 Å². The van der Waals surface area contributed by atoms with Crippen LogP contribution in [0, 0.1) is 18.8 Å². The minimum absolute atomic E-state index is 0.303. The number of carbonyl (C=O) groups is 3. The molecule has 7 nitrogen and oxygen atoms in total. The number of carbonyl (C=O) groups excluding carboxylic acids is 2. The molecule has 1 fully saturated rings. The fourth-order valence-corrected chi connectivity index (χ4v) is 2.98. The fourth-order valence-electron chi connectivity index (χ4n) is 2.98. The average molecular weight is 367 g/mol. The summed E-state index contributed by atoms with van der Waals surface area (Å²) in [5.41, 5.74) is 2.56. The van der Waals surface area contributed by atoms with Crippen LogP contribution in [-0.4, -0.2) is 23.0 Å². The summed E-state index contributed by atoms with van der Waals surface area (Å²) in [4.78, 5) is 35.6. The van der Waals surface area contributed by atoms with Crippen LogP contribution in [0.4, 0.5) is 21.9 Å². The van der Waals surface area contributed by atoms with Crippen molar-refractivity contribution in [2.75, 3.05) is 16.0 Å². The van der Waals surface area contributed by atoms with Crippen LogP contribution >= 0.6 is 0 Å². The number of urea groups is 1. The predicted octanol–water partition coefficient (Wildman–Crippen LogP) is 3.69. The van der Waals surface area contributed by atoms with Gasteiger partial charge in [0.2, 0.25) is 5.91 Å². The number of hydrogen-bond acceptors (Lipinski definition) is 3. The Morgan fingerprint density at radius 3 is 2.19 bits per heavy atom. The van der Waals surface area contributed by atoms with Crippen LogP contribution in [0.5, 0.6) is 0 Å². The molecule has 0 spiro atoms. The van der Waals surface area contributed by atoms with E-state index < -0.39 is 23.8 Å². The first kappa shape index (κ1) is 18.4. The van der Waals surface area contributed by atoms with Crippen LogP contribution in [0.3, 0.4) is 0 Å². The Bertz CT molecular complexity index is 867. The topological polar surface area (TPSA) is 108 Å². The van der Waals surface area contributed by atoms with Gasteiger partial charge in [0.25, 0.3) is 0 Å². The Labute approximate surface area is 156 Å². The maximum atomic E-state index is 12.4. The third kappa shape index (κ3) is 4.44. The van der Waals surface area contributed by atoms with Crippen LogP contribution in [-0.2, 0) is 9.59 Å². The zero-order chi connectivity index (χ0) is 19.4. The average Bonchev–Trinajstić information content (AvgIpc) is 2.57. The number of aryl methyl sites for hydroxylation is 1. The molecular formula is C20H21N3O4. The second-order valence-corrected chi connectivity index (χ2v) is 6.59. The number of aliphatic carboxylic acids is 1. The van der Waals surface area contributed by atoms with Crippen molar-refractivity contribution >= 4 is 35.0 Å². The molecule has 2 atom stereocenters. The monoisotopic (exact) mass is 367 g/mol. The number of hydrogen-bond donors (Lipinski definition) is 4. The molecule has 1 aliphatic carbocycles. The Morgan fingerprint density at radius 2 is 1.56 bits per heavy atom. The molecule has 0 aromatic heterocycles. The number of anilines is 3. The lowest BCUT2D eigenvalue weighted by atomic mass is 9.73. The van der Waals surface area contributed by atoms with E-state index in [0.717, 1.165) is 5.56 Å².